The van der Waals surface area contributed by atoms with E-state index in [1.165, 1.54) is 103 Å². The fourth-order valence-electron chi connectivity index (χ4n) is 8.89. The van der Waals surface area contributed by atoms with Crippen molar-refractivity contribution in [3.05, 3.63) is 0 Å². The summed E-state index contributed by atoms with van der Waals surface area (Å²) in [4.78, 5) is 0. The zero-order chi connectivity index (χ0) is 26.7. The first-order valence-corrected chi connectivity index (χ1v) is 16.8. The second-order valence-electron chi connectivity index (χ2n) is 15.2. The Morgan fingerprint density at radius 3 is 1.86 bits per heavy atom. The minimum Gasteiger partial charge on any atom is -0.313 e. The van der Waals surface area contributed by atoms with E-state index >= 15 is 0 Å². The Morgan fingerprint density at radius 1 is 0.722 bits per heavy atom. The first-order valence-electron chi connectivity index (χ1n) is 16.8. The highest BCUT2D eigenvalue weighted by Crippen LogP contribution is 2.46. The second-order valence-corrected chi connectivity index (χ2v) is 15.2. The van der Waals surface area contributed by atoms with Gasteiger partial charge in [0.1, 0.15) is 0 Å². The molecule has 2 fully saturated rings. The lowest BCUT2D eigenvalue weighted by molar-refractivity contribution is 0.0471. The van der Waals surface area contributed by atoms with Gasteiger partial charge in [0.2, 0.25) is 0 Å². The number of rotatable bonds is 16. The molecule has 1 nitrogen and oxygen atoms in total. The summed E-state index contributed by atoms with van der Waals surface area (Å²) in [6.07, 6.45) is 21.6. The third kappa shape index (κ3) is 10.6. The molecule has 2 rings (SSSR count). The van der Waals surface area contributed by atoms with Gasteiger partial charge in [0.15, 0.2) is 0 Å². The molecule has 0 radical (unpaired) electrons. The highest BCUT2D eigenvalue weighted by Gasteiger charge is 2.42. The fourth-order valence-corrected chi connectivity index (χ4v) is 8.89. The Hall–Kier alpha value is -0.0400. The number of hydrogen-bond acceptors (Lipinski definition) is 1. The highest BCUT2D eigenvalue weighted by molar-refractivity contribution is 4.96. The monoisotopic (exact) mass is 504 g/mol. The molecule has 214 valence electrons. The van der Waals surface area contributed by atoms with Crippen molar-refractivity contribution < 1.29 is 0 Å². The molecular formula is C35H69N. The van der Waals surface area contributed by atoms with E-state index in [0.717, 1.165) is 47.3 Å². The standard InChI is InChI=1S/C35H69N/c1-10-11-12-13-14-15-16-17-18-29(6)32-24-30(7)34(35(8,9)25-32)36-20-19-33(26(2)3)31-22-27(4)21-28(5)23-31/h26-34,36H,10-25H2,1-9H3. The van der Waals surface area contributed by atoms with Crippen LogP contribution >= 0.6 is 0 Å². The second kappa shape index (κ2) is 16.2. The average molecular weight is 504 g/mol. The predicted molar refractivity (Wildman–Crippen MR) is 162 cm³/mol. The molecule has 1 heteroatoms. The Kier molecular flexibility index (Phi) is 14.4. The highest BCUT2D eigenvalue weighted by atomic mass is 14.9. The van der Waals surface area contributed by atoms with Crippen LogP contribution in [0.5, 0.6) is 0 Å². The molecule has 0 aromatic rings. The summed E-state index contributed by atoms with van der Waals surface area (Å²) >= 11 is 0. The molecule has 2 aliphatic carbocycles. The molecule has 0 aromatic carbocycles. The van der Waals surface area contributed by atoms with E-state index in [-0.39, 0.29) is 0 Å². The Balaban J connectivity index is 1.76. The van der Waals surface area contributed by atoms with Crippen LogP contribution in [0.2, 0.25) is 0 Å². The van der Waals surface area contributed by atoms with Gasteiger partial charge in [-0.25, -0.2) is 0 Å². The van der Waals surface area contributed by atoms with Crippen molar-refractivity contribution in [1.82, 2.24) is 5.32 Å². The molecule has 7 unspecified atom stereocenters. The summed E-state index contributed by atoms with van der Waals surface area (Å²) in [6.45, 7) is 23.8. The first-order chi connectivity index (χ1) is 17.0. The van der Waals surface area contributed by atoms with Gasteiger partial charge in [-0.2, -0.15) is 0 Å². The van der Waals surface area contributed by atoms with E-state index in [9.17, 15) is 0 Å². The van der Waals surface area contributed by atoms with E-state index in [2.05, 4.69) is 67.6 Å². The molecule has 36 heavy (non-hydrogen) atoms. The summed E-state index contributed by atoms with van der Waals surface area (Å²) in [5.41, 5.74) is 0.414. The number of nitrogens with one attached hydrogen (secondary N) is 1. The quantitative estimate of drug-likeness (QED) is 0.206. The van der Waals surface area contributed by atoms with Crippen molar-refractivity contribution in [1.29, 1.82) is 0 Å². The Bertz CT molecular complexity index is 555. The summed E-state index contributed by atoms with van der Waals surface area (Å²) in [7, 11) is 0. The molecule has 0 bridgehead atoms. The van der Waals surface area contributed by atoms with Gasteiger partial charge in [-0.05, 0) is 97.8 Å². The van der Waals surface area contributed by atoms with Crippen molar-refractivity contribution in [3.8, 4) is 0 Å². The minimum atomic E-state index is 0.414. The van der Waals surface area contributed by atoms with Crippen LogP contribution in [0.1, 0.15) is 159 Å². The SMILES string of the molecule is CCCCCCCCCCC(C)C1CC(C)C(NCCC(C(C)C)C2CC(C)CC(C)C2)C(C)(C)C1. The summed E-state index contributed by atoms with van der Waals surface area (Å²) in [5, 5.41) is 4.15. The van der Waals surface area contributed by atoms with Crippen LogP contribution in [0.15, 0.2) is 0 Å². The molecule has 0 amide bonds. The van der Waals surface area contributed by atoms with Crippen LogP contribution in [0, 0.1) is 52.8 Å². The van der Waals surface area contributed by atoms with Gasteiger partial charge in [-0.15, -0.1) is 0 Å². The Labute approximate surface area is 229 Å². The smallest absolute Gasteiger partial charge is 0.0144 e. The molecule has 0 aliphatic heterocycles. The van der Waals surface area contributed by atoms with Crippen molar-refractivity contribution >= 4 is 0 Å². The van der Waals surface area contributed by atoms with Gasteiger partial charge in [-0.1, -0.05) is 120 Å². The number of unbranched alkanes of at least 4 members (excludes halogenated alkanes) is 7. The van der Waals surface area contributed by atoms with Crippen LogP contribution < -0.4 is 5.32 Å². The van der Waals surface area contributed by atoms with Gasteiger partial charge in [0.25, 0.3) is 0 Å². The fraction of sp³-hybridized carbons (Fsp3) is 1.00. The van der Waals surface area contributed by atoms with E-state index in [1.807, 2.05) is 0 Å². The molecular weight excluding hydrogens is 434 g/mol. The molecule has 7 atom stereocenters. The van der Waals surface area contributed by atoms with Crippen molar-refractivity contribution in [2.24, 2.45) is 52.8 Å². The van der Waals surface area contributed by atoms with E-state index in [4.69, 9.17) is 0 Å². The summed E-state index contributed by atoms with van der Waals surface area (Å²) in [5.74, 6) is 7.12. The van der Waals surface area contributed by atoms with E-state index in [0.29, 0.717) is 11.5 Å². The third-order valence-electron chi connectivity index (χ3n) is 10.7. The van der Waals surface area contributed by atoms with Crippen molar-refractivity contribution in [2.45, 2.75) is 165 Å². The molecule has 1 N–H and O–H groups in total. The van der Waals surface area contributed by atoms with Gasteiger partial charge in [0, 0.05) is 6.04 Å². The zero-order valence-corrected chi connectivity index (χ0v) is 26.5. The normalized spacial score (nSPS) is 32.5. The van der Waals surface area contributed by atoms with E-state index < -0.39 is 0 Å². The largest absolute Gasteiger partial charge is 0.313 e. The first kappa shape index (κ1) is 32.2. The maximum absolute atomic E-state index is 4.15. The van der Waals surface area contributed by atoms with Crippen LogP contribution in [0.25, 0.3) is 0 Å². The molecule has 0 heterocycles. The van der Waals surface area contributed by atoms with Gasteiger partial charge >= 0.3 is 0 Å². The van der Waals surface area contributed by atoms with Crippen molar-refractivity contribution in [2.75, 3.05) is 6.54 Å². The maximum Gasteiger partial charge on any atom is 0.0144 e. The Morgan fingerprint density at radius 2 is 1.31 bits per heavy atom. The van der Waals surface area contributed by atoms with Crippen LogP contribution in [0.3, 0.4) is 0 Å². The topological polar surface area (TPSA) is 12.0 Å². The number of hydrogen-bond donors (Lipinski definition) is 1. The molecule has 0 aromatic heterocycles. The van der Waals surface area contributed by atoms with Crippen molar-refractivity contribution in [3.63, 3.8) is 0 Å². The minimum absolute atomic E-state index is 0.414. The molecule has 0 spiro atoms. The van der Waals surface area contributed by atoms with E-state index in [1.54, 1.807) is 0 Å². The lowest BCUT2D eigenvalue weighted by atomic mass is 9.61. The van der Waals surface area contributed by atoms with Gasteiger partial charge < -0.3 is 5.32 Å². The summed E-state index contributed by atoms with van der Waals surface area (Å²) in [6, 6.07) is 0.682. The molecule has 0 saturated heterocycles. The molecule has 2 aliphatic rings. The predicted octanol–water partition coefficient (Wildman–Crippen LogP) is 10.9. The van der Waals surface area contributed by atoms with Gasteiger partial charge in [0.05, 0.1) is 0 Å². The lowest BCUT2D eigenvalue weighted by Crippen LogP contribution is -2.52. The van der Waals surface area contributed by atoms with Crippen LogP contribution in [-0.4, -0.2) is 12.6 Å². The zero-order valence-electron chi connectivity index (χ0n) is 26.5. The summed E-state index contributed by atoms with van der Waals surface area (Å²) < 4.78 is 0. The van der Waals surface area contributed by atoms with Crippen LogP contribution in [0.4, 0.5) is 0 Å². The average Bonchev–Trinajstić information content (AvgIpc) is 2.78. The van der Waals surface area contributed by atoms with Gasteiger partial charge in [-0.3, -0.25) is 0 Å². The van der Waals surface area contributed by atoms with Crippen LogP contribution in [-0.2, 0) is 0 Å². The molecule has 2 saturated carbocycles. The third-order valence-corrected chi connectivity index (χ3v) is 10.7. The maximum atomic E-state index is 4.15. The lowest BCUT2D eigenvalue weighted by Gasteiger charge is -2.49.